The highest BCUT2D eigenvalue weighted by atomic mass is 16.5. The minimum Gasteiger partial charge on any atom is -0.497 e. The predicted octanol–water partition coefficient (Wildman–Crippen LogP) is 2.72. The van der Waals surface area contributed by atoms with Crippen molar-refractivity contribution < 1.29 is 14.3 Å². The quantitative estimate of drug-likeness (QED) is 0.822. The van der Waals surface area contributed by atoms with E-state index in [9.17, 15) is 9.59 Å². The molecule has 0 heterocycles. The van der Waals surface area contributed by atoms with E-state index in [0.717, 1.165) is 6.42 Å². The molecule has 2 rings (SSSR count). The topological polar surface area (TPSA) is 67.4 Å². The van der Waals surface area contributed by atoms with Crippen LogP contribution in [0.5, 0.6) is 5.75 Å². The number of rotatable bonds is 5. The maximum Gasteiger partial charge on any atom is 0.313 e. The lowest BCUT2D eigenvalue weighted by Crippen LogP contribution is -2.36. The highest BCUT2D eigenvalue weighted by Gasteiger charge is 2.16. The molecule has 22 heavy (non-hydrogen) atoms. The summed E-state index contributed by atoms with van der Waals surface area (Å²) in [6.07, 6.45) is 7.35. The van der Waals surface area contributed by atoms with E-state index >= 15 is 0 Å². The number of amides is 2. The summed E-state index contributed by atoms with van der Waals surface area (Å²) in [6.45, 7) is 0.569. The fraction of sp³-hybridized carbons (Fsp3) is 0.529. The van der Waals surface area contributed by atoms with E-state index in [0.29, 0.717) is 23.9 Å². The Morgan fingerprint density at radius 3 is 2.41 bits per heavy atom. The number of carbonyl (C=O) groups excluding carboxylic acids is 2. The lowest BCUT2D eigenvalue weighted by atomic mass is 9.87. The van der Waals surface area contributed by atoms with Gasteiger partial charge in [-0.25, -0.2) is 0 Å². The fourth-order valence-electron chi connectivity index (χ4n) is 2.81. The molecule has 1 aliphatic carbocycles. The Morgan fingerprint density at radius 2 is 1.77 bits per heavy atom. The van der Waals surface area contributed by atoms with E-state index in [4.69, 9.17) is 4.74 Å². The molecule has 1 aromatic rings. The summed E-state index contributed by atoms with van der Waals surface area (Å²) < 4.78 is 5.04. The van der Waals surface area contributed by atoms with Crippen molar-refractivity contribution >= 4 is 17.5 Å². The molecule has 120 valence electrons. The van der Waals surface area contributed by atoms with E-state index in [1.165, 1.54) is 32.1 Å². The molecule has 0 aliphatic heterocycles. The van der Waals surface area contributed by atoms with Gasteiger partial charge in [-0.1, -0.05) is 32.1 Å². The molecule has 1 saturated carbocycles. The third-order valence-corrected chi connectivity index (χ3v) is 4.12. The molecule has 1 aliphatic rings. The standard InChI is InChI=1S/C17H24N2O3/c1-22-15-9-7-14(8-10-15)19-17(21)16(20)18-12-11-13-5-3-2-4-6-13/h7-10,13H,2-6,11-12H2,1H3,(H,18,20)(H,19,21). The number of ether oxygens (including phenoxy) is 1. The van der Waals surface area contributed by atoms with Crippen molar-refractivity contribution in [3.63, 3.8) is 0 Å². The van der Waals surface area contributed by atoms with E-state index in [1.807, 2.05) is 0 Å². The summed E-state index contributed by atoms with van der Waals surface area (Å²) in [4.78, 5) is 23.6. The van der Waals surface area contributed by atoms with E-state index in [-0.39, 0.29) is 0 Å². The van der Waals surface area contributed by atoms with Crippen LogP contribution in [-0.4, -0.2) is 25.5 Å². The van der Waals surface area contributed by atoms with Gasteiger partial charge in [0.15, 0.2) is 0 Å². The molecule has 0 saturated heterocycles. The molecule has 1 fully saturated rings. The van der Waals surface area contributed by atoms with E-state index in [2.05, 4.69) is 10.6 Å². The lowest BCUT2D eigenvalue weighted by molar-refractivity contribution is -0.136. The highest BCUT2D eigenvalue weighted by Crippen LogP contribution is 2.25. The SMILES string of the molecule is COc1ccc(NC(=O)C(=O)NCCC2CCCCC2)cc1. The minimum atomic E-state index is -0.631. The third kappa shape index (κ3) is 5.06. The lowest BCUT2D eigenvalue weighted by Gasteiger charge is -2.21. The number of benzene rings is 1. The van der Waals surface area contributed by atoms with Gasteiger partial charge in [0.25, 0.3) is 0 Å². The molecule has 0 atom stereocenters. The van der Waals surface area contributed by atoms with Gasteiger partial charge < -0.3 is 15.4 Å². The number of nitrogens with one attached hydrogen (secondary N) is 2. The Labute approximate surface area is 131 Å². The summed E-state index contributed by atoms with van der Waals surface area (Å²) in [5.74, 6) is 0.189. The number of hydrogen-bond donors (Lipinski definition) is 2. The van der Waals surface area contributed by atoms with Crippen molar-refractivity contribution in [2.45, 2.75) is 38.5 Å². The van der Waals surface area contributed by atoms with Crippen molar-refractivity contribution in [2.75, 3.05) is 19.0 Å². The first-order chi connectivity index (χ1) is 10.7. The fourth-order valence-corrected chi connectivity index (χ4v) is 2.81. The van der Waals surface area contributed by atoms with Crippen LogP contribution in [0.25, 0.3) is 0 Å². The Balaban J connectivity index is 1.70. The Bertz CT molecular complexity index is 493. The molecule has 2 amide bonds. The van der Waals surface area contributed by atoms with Gasteiger partial charge in [0, 0.05) is 12.2 Å². The van der Waals surface area contributed by atoms with Crippen LogP contribution in [0.15, 0.2) is 24.3 Å². The first kappa shape index (κ1) is 16.3. The molecule has 0 spiro atoms. The molecule has 0 bridgehead atoms. The van der Waals surface area contributed by atoms with Gasteiger partial charge in [-0.3, -0.25) is 9.59 Å². The van der Waals surface area contributed by atoms with Gasteiger partial charge in [-0.2, -0.15) is 0 Å². The molecule has 2 N–H and O–H groups in total. The number of hydrogen-bond acceptors (Lipinski definition) is 3. The van der Waals surface area contributed by atoms with Gasteiger partial charge in [-0.15, -0.1) is 0 Å². The normalized spacial score (nSPS) is 15.1. The van der Waals surface area contributed by atoms with Gasteiger partial charge >= 0.3 is 11.8 Å². The molecular weight excluding hydrogens is 280 g/mol. The van der Waals surface area contributed by atoms with E-state index < -0.39 is 11.8 Å². The van der Waals surface area contributed by atoms with Crippen LogP contribution >= 0.6 is 0 Å². The summed E-state index contributed by atoms with van der Waals surface area (Å²) in [5, 5.41) is 5.27. The minimum absolute atomic E-state index is 0.569. The van der Waals surface area contributed by atoms with Gasteiger partial charge in [-0.05, 0) is 36.6 Å². The average molecular weight is 304 g/mol. The number of anilines is 1. The Kier molecular flexibility index (Phi) is 6.25. The zero-order valence-corrected chi connectivity index (χ0v) is 13.1. The molecule has 5 heteroatoms. The van der Waals surface area contributed by atoms with Crippen molar-refractivity contribution in [3.8, 4) is 5.75 Å². The molecule has 0 radical (unpaired) electrons. The summed E-state index contributed by atoms with van der Waals surface area (Å²) >= 11 is 0. The molecular formula is C17H24N2O3. The van der Waals surface area contributed by atoms with Gasteiger partial charge in [0.2, 0.25) is 0 Å². The Morgan fingerprint density at radius 1 is 1.09 bits per heavy atom. The first-order valence-corrected chi connectivity index (χ1v) is 7.92. The second kappa shape index (κ2) is 8.41. The summed E-state index contributed by atoms with van der Waals surface area (Å²) in [6, 6.07) is 6.87. The molecule has 0 unspecified atom stereocenters. The highest BCUT2D eigenvalue weighted by molar-refractivity contribution is 6.39. The van der Waals surface area contributed by atoms with Crippen LogP contribution in [0.1, 0.15) is 38.5 Å². The number of carbonyl (C=O) groups is 2. The molecule has 1 aromatic carbocycles. The van der Waals surface area contributed by atoms with Crippen LogP contribution in [-0.2, 0) is 9.59 Å². The van der Waals surface area contributed by atoms with E-state index in [1.54, 1.807) is 31.4 Å². The maximum atomic E-state index is 11.8. The summed E-state index contributed by atoms with van der Waals surface area (Å²) in [7, 11) is 1.58. The van der Waals surface area contributed by atoms with Crippen molar-refractivity contribution in [2.24, 2.45) is 5.92 Å². The third-order valence-electron chi connectivity index (χ3n) is 4.12. The monoisotopic (exact) mass is 304 g/mol. The Hall–Kier alpha value is -2.04. The average Bonchev–Trinajstić information content (AvgIpc) is 2.56. The summed E-state index contributed by atoms with van der Waals surface area (Å²) in [5.41, 5.74) is 0.577. The zero-order valence-electron chi connectivity index (χ0n) is 13.1. The van der Waals surface area contributed by atoms with Crippen molar-refractivity contribution in [1.29, 1.82) is 0 Å². The predicted molar refractivity (Wildman–Crippen MR) is 85.8 cm³/mol. The van der Waals surface area contributed by atoms with Crippen LogP contribution in [0.4, 0.5) is 5.69 Å². The molecule has 0 aromatic heterocycles. The van der Waals surface area contributed by atoms with Crippen LogP contribution in [0, 0.1) is 5.92 Å². The van der Waals surface area contributed by atoms with Crippen LogP contribution in [0.3, 0.4) is 0 Å². The zero-order chi connectivity index (χ0) is 15.8. The molecule has 5 nitrogen and oxygen atoms in total. The van der Waals surface area contributed by atoms with Crippen LogP contribution in [0.2, 0.25) is 0 Å². The van der Waals surface area contributed by atoms with Crippen molar-refractivity contribution in [1.82, 2.24) is 5.32 Å². The number of methoxy groups -OCH3 is 1. The first-order valence-electron chi connectivity index (χ1n) is 7.92. The second-order valence-electron chi connectivity index (χ2n) is 5.73. The maximum absolute atomic E-state index is 11.8. The van der Waals surface area contributed by atoms with Gasteiger partial charge in [0.05, 0.1) is 7.11 Å². The largest absolute Gasteiger partial charge is 0.497 e. The smallest absolute Gasteiger partial charge is 0.313 e. The van der Waals surface area contributed by atoms with Crippen LogP contribution < -0.4 is 15.4 Å². The second-order valence-corrected chi connectivity index (χ2v) is 5.73. The van der Waals surface area contributed by atoms with Gasteiger partial charge in [0.1, 0.15) is 5.75 Å². The van der Waals surface area contributed by atoms with Crippen molar-refractivity contribution in [3.05, 3.63) is 24.3 Å².